The number of methoxy groups -OCH3 is 3. The third-order valence-electron chi connectivity index (χ3n) is 7.59. The Morgan fingerprint density at radius 2 is 1.77 bits per heavy atom. The van der Waals surface area contributed by atoms with E-state index in [1.54, 1.807) is 68.6 Å². The van der Waals surface area contributed by atoms with E-state index in [0.717, 1.165) is 12.0 Å². The maximum atomic E-state index is 14.3. The van der Waals surface area contributed by atoms with Gasteiger partial charge in [0.15, 0.2) is 16.3 Å². The maximum Gasteiger partial charge on any atom is 0.338 e. The Morgan fingerprint density at radius 1 is 1.00 bits per heavy atom. The van der Waals surface area contributed by atoms with E-state index in [0.29, 0.717) is 70.1 Å². The van der Waals surface area contributed by atoms with E-state index in [-0.39, 0.29) is 24.3 Å². The van der Waals surface area contributed by atoms with E-state index in [1.165, 1.54) is 30.1 Å². The van der Waals surface area contributed by atoms with E-state index in [9.17, 15) is 9.59 Å². The highest BCUT2D eigenvalue weighted by molar-refractivity contribution is 9.10. The molecule has 5 rings (SSSR count). The lowest BCUT2D eigenvalue weighted by atomic mass is 9.93. The summed E-state index contributed by atoms with van der Waals surface area (Å²) in [6, 6.07) is 13.2. The predicted octanol–water partition coefficient (Wildman–Crippen LogP) is 7.25. The zero-order valence-corrected chi connectivity index (χ0v) is 30.8. The van der Waals surface area contributed by atoms with E-state index in [4.69, 9.17) is 51.9 Å². The summed E-state index contributed by atoms with van der Waals surface area (Å²) in [4.78, 5) is 33.2. The lowest BCUT2D eigenvalue weighted by Gasteiger charge is -2.27. The quantitative estimate of drug-likeness (QED) is 0.140. The number of allylic oxidation sites excluding steroid dienone is 1. The molecule has 0 aliphatic carbocycles. The topological polar surface area (TPSA) is 97.6 Å². The SMILES string of the molecule is CCCC1=C(C(=O)OCC)[C@H](c2cc(OC)ccc2OC)n2c(s/c(=C\c3cc(OC)c(OCc4ccc(Cl)cc4Cl)cc3Br)c2=O)=N1. The van der Waals surface area contributed by atoms with Crippen LogP contribution in [0.5, 0.6) is 23.0 Å². The number of carbonyl (C=O) groups is 1. The van der Waals surface area contributed by atoms with Gasteiger partial charge in [-0.1, -0.05) is 69.9 Å². The highest BCUT2D eigenvalue weighted by atomic mass is 79.9. The van der Waals surface area contributed by atoms with Crippen molar-refractivity contribution < 1.29 is 28.5 Å². The van der Waals surface area contributed by atoms with Crippen LogP contribution < -0.4 is 33.8 Å². The molecular weight excluding hydrogens is 743 g/mol. The third kappa shape index (κ3) is 7.29. The van der Waals surface area contributed by atoms with Gasteiger partial charge >= 0.3 is 5.97 Å². The van der Waals surface area contributed by atoms with Gasteiger partial charge in [-0.05, 0) is 67.4 Å². The number of hydrogen-bond donors (Lipinski definition) is 0. The second-order valence-corrected chi connectivity index (χ2v) is 13.3. The van der Waals surface area contributed by atoms with E-state index < -0.39 is 12.0 Å². The van der Waals surface area contributed by atoms with Crippen molar-refractivity contribution >= 4 is 62.5 Å². The van der Waals surface area contributed by atoms with Crippen LogP contribution >= 0.6 is 50.5 Å². The van der Waals surface area contributed by atoms with Gasteiger partial charge in [0.25, 0.3) is 5.56 Å². The summed E-state index contributed by atoms with van der Waals surface area (Å²) in [7, 11) is 4.63. The first kappa shape index (κ1) is 35.5. The molecule has 0 amide bonds. The van der Waals surface area contributed by atoms with Crippen LogP contribution in [-0.2, 0) is 16.1 Å². The van der Waals surface area contributed by atoms with Crippen molar-refractivity contribution in [3.05, 3.63) is 111 Å². The molecule has 1 aromatic heterocycles. The normalized spacial score (nSPS) is 14.3. The summed E-state index contributed by atoms with van der Waals surface area (Å²) in [6.07, 6.45) is 2.99. The summed E-state index contributed by atoms with van der Waals surface area (Å²) in [6.45, 7) is 4.09. The monoisotopic (exact) mass is 774 g/mol. The fraction of sp³-hybridized carbons (Fsp3) is 0.286. The molecule has 252 valence electrons. The van der Waals surface area contributed by atoms with E-state index >= 15 is 0 Å². The van der Waals surface area contributed by atoms with Crippen molar-refractivity contribution in [1.29, 1.82) is 0 Å². The average molecular weight is 777 g/mol. The molecule has 2 heterocycles. The Labute approximate surface area is 300 Å². The van der Waals surface area contributed by atoms with Gasteiger partial charge in [-0.3, -0.25) is 9.36 Å². The molecule has 1 aliphatic heterocycles. The molecular formula is C35H33BrCl2N2O7S. The molecule has 3 aromatic carbocycles. The summed E-state index contributed by atoms with van der Waals surface area (Å²) in [5, 5.41) is 1.02. The molecule has 1 atom stereocenters. The molecule has 0 radical (unpaired) electrons. The Kier molecular flexibility index (Phi) is 11.6. The first-order valence-corrected chi connectivity index (χ1v) is 17.4. The number of ether oxygens (including phenoxy) is 5. The Balaban J connectivity index is 1.65. The standard InChI is InChI=1S/C35H33BrCl2N2O7S/c1-6-8-26-31(34(42)46-7-2)32(23-16-22(43-3)11-12-27(23)44-4)40-33(41)30(48-35(40)39-26)14-20-13-28(45-5)29(17-24(20)36)47-18-19-9-10-21(37)15-25(19)38/h9-17,32H,6-8,18H2,1-5H3/b30-14-/t32-/m0/s1. The summed E-state index contributed by atoms with van der Waals surface area (Å²) in [5.74, 6) is 1.41. The number of esters is 1. The van der Waals surface area contributed by atoms with Gasteiger partial charge in [-0.15, -0.1) is 0 Å². The molecule has 0 N–H and O–H groups in total. The largest absolute Gasteiger partial charge is 0.497 e. The first-order chi connectivity index (χ1) is 23.1. The van der Waals surface area contributed by atoms with E-state index in [1.807, 2.05) is 6.92 Å². The minimum Gasteiger partial charge on any atom is -0.497 e. The number of nitrogens with zero attached hydrogens (tertiary/aromatic N) is 2. The van der Waals surface area contributed by atoms with Crippen LogP contribution in [0, 0.1) is 0 Å². The molecule has 0 fully saturated rings. The van der Waals surface area contributed by atoms with Gasteiger partial charge < -0.3 is 23.7 Å². The predicted molar refractivity (Wildman–Crippen MR) is 191 cm³/mol. The van der Waals surface area contributed by atoms with Gasteiger partial charge in [0.05, 0.1) is 43.7 Å². The number of aromatic nitrogens is 1. The Bertz CT molecular complexity index is 2080. The third-order valence-corrected chi connectivity index (χ3v) is 9.85. The van der Waals surface area contributed by atoms with Crippen molar-refractivity contribution in [1.82, 2.24) is 4.57 Å². The van der Waals surface area contributed by atoms with Gasteiger partial charge in [-0.2, -0.15) is 0 Å². The highest BCUT2D eigenvalue weighted by Crippen LogP contribution is 2.39. The van der Waals surface area contributed by atoms with Gasteiger partial charge in [0, 0.05) is 25.6 Å². The van der Waals surface area contributed by atoms with Crippen LogP contribution in [-0.4, -0.2) is 38.5 Å². The maximum absolute atomic E-state index is 14.3. The highest BCUT2D eigenvalue weighted by Gasteiger charge is 2.36. The lowest BCUT2D eigenvalue weighted by Crippen LogP contribution is -2.40. The van der Waals surface area contributed by atoms with Crippen molar-refractivity contribution in [3.63, 3.8) is 0 Å². The molecule has 9 nitrogen and oxygen atoms in total. The molecule has 4 aromatic rings. The van der Waals surface area contributed by atoms with E-state index in [2.05, 4.69) is 15.9 Å². The van der Waals surface area contributed by atoms with Crippen LogP contribution in [0.1, 0.15) is 49.4 Å². The number of fused-ring (bicyclic) bond motifs is 1. The van der Waals surface area contributed by atoms with Gasteiger partial charge in [-0.25, -0.2) is 9.79 Å². The first-order valence-electron chi connectivity index (χ1n) is 15.0. The summed E-state index contributed by atoms with van der Waals surface area (Å²) >= 11 is 17.2. The summed E-state index contributed by atoms with van der Waals surface area (Å²) < 4.78 is 31.1. The summed E-state index contributed by atoms with van der Waals surface area (Å²) in [5.41, 5.74) is 2.51. The molecule has 13 heteroatoms. The smallest absolute Gasteiger partial charge is 0.338 e. The number of rotatable bonds is 12. The van der Waals surface area contributed by atoms with Crippen LogP contribution in [0.3, 0.4) is 0 Å². The average Bonchev–Trinajstić information content (AvgIpc) is 3.38. The number of hydrogen-bond acceptors (Lipinski definition) is 9. The van der Waals surface area contributed by atoms with Crippen molar-refractivity contribution in [2.75, 3.05) is 27.9 Å². The van der Waals surface area contributed by atoms with Gasteiger partial charge in [0.1, 0.15) is 24.1 Å². The zero-order valence-electron chi connectivity index (χ0n) is 26.9. The van der Waals surface area contributed by atoms with Crippen LogP contribution in [0.15, 0.2) is 74.1 Å². The molecule has 0 bridgehead atoms. The number of thiazole rings is 1. The van der Waals surface area contributed by atoms with Crippen molar-refractivity contribution in [2.45, 2.75) is 39.3 Å². The molecule has 0 unspecified atom stereocenters. The van der Waals surface area contributed by atoms with Crippen LogP contribution in [0.4, 0.5) is 0 Å². The fourth-order valence-corrected chi connectivity index (χ4v) is 7.25. The lowest BCUT2D eigenvalue weighted by molar-refractivity contribution is -0.139. The molecule has 1 aliphatic rings. The number of benzene rings is 3. The fourth-order valence-electron chi connectivity index (χ4n) is 5.34. The minimum atomic E-state index is -0.873. The zero-order chi connectivity index (χ0) is 34.5. The Hall–Kier alpha value is -3.77. The molecule has 48 heavy (non-hydrogen) atoms. The second kappa shape index (κ2) is 15.6. The van der Waals surface area contributed by atoms with Crippen LogP contribution in [0.2, 0.25) is 10.0 Å². The Morgan fingerprint density at radius 3 is 2.44 bits per heavy atom. The van der Waals surface area contributed by atoms with Crippen molar-refractivity contribution in [3.8, 4) is 23.0 Å². The molecule has 0 saturated carbocycles. The minimum absolute atomic E-state index is 0.163. The van der Waals surface area contributed by atoms with Crippen molar-refractivity contribution in [2.24, 2.45) is 4.99 Å². The molecule has 0 saturated heterocycles. The second-order valence-electron chi connectivity index (χ2n) is 10.6. The number of halogens is 3. The molecule has 0 spiro atoms. The van der Waals surface area contributed by atoms with Crippen LogP contribution in [0.25, 0.3) is 6.08 Å². The number of carbonyl (C=O) groups excluding carboxylic acids is 1. The van der Waals surface area contributed by atoms with Gasteiger partial charge in [0.2, 0.25) is 0 Å².